The summed E-state index contributed by atoms with van der Waals surface area (Å²) in [7, 11) is 0. The van der Waals surface area contributed by atoms with Crippen LogP contribution in [0.5, 0.6) is 0 Å². The molecular weight excluding hydrogens is 200 g/mol. The second kappa shape index (κ2) is 3.64. The van der Waals surface area contributed by atoms with E-state index in [1.54, 1.807) is 23.2 Å². The van der Waals surface area contributed by atoms with Gasteiger partial charge in [-0.1, -0.05) is 19.8 Å². The van der Waals surface area contributed by atoms with E-state index in [0.29, 0.717) is 24.3 Å². The summed E-state index contributed by atoms with van der Waals surface area (Å²) in [6.45, 7) is 4.82. The van der Waals surface area contributed by atoms with Crippen LogP contribution in [0.4, 0.5) is 5.82 Å². The van der Waals surface area contributed by atoms with E-state index in [4.69, 9.17) is 6.42 Å². The number of hydrogen-bond acceptors (Lipinski definition) is 2. The van der Waals surface area contributed by atoms with E-state index in [9.17, 15) is 4.79 Å². The van der Waals surface area contributed by atoms with Crippen molar-refractivity contribution in [2.45, 2.75) is 20.3 Å². The molecule has 0 radical (unpaired) electrons. The third kappa shape index (κ3) is 1.79. The molecule has 2 rings (SSSR count). The lowest BCUT2D eigenvalue weighted by molar-refractivity contribution is -0.117. The van der Waals surface area contributed by atoms with Crippen LogP contribution in [0.1, 0.15) is 25.8 Å². The van der Waals surface area contributed by atoms with Gasteiger partial charge in [-0.25, -0.2) is 4.98 Å². The molecule has 1 fully saturated rings. The van der Waals surface area contributed by atoms with Crippen molar-refractivity contribution in [1.82, 2.24) is 4.98 Å². The van der Waals surface area contributed by atoms with Gasteiger partial charge < -0.3 is 0 Å². The van der Waals surface area contributed by atoms with E-state index in [2.05, 4.69) is 24.8 Å². The van der Waals surface area contributed by atoms with Crippen LogP contribution in [0.2, 0.25) is 0 Å². The highest BCUT2D eigenvalue weighted by Crippen LogP contribution is 2.33. The number of nitrogens with zero attached hydrogens (tertiary/aromatic N) is 2. The zero-order valence-corrected chi connectivity index (χ0v) is 9.53. The third-order valence-corrected chi connectivity index (χ3v) is 2.71. The van der Waals surface area contributed by atoms with Crippen LogP contribution in [0.25, 0.3) is 0 Å². The summed E-state index contributed by atoms with van der Waals surface area (Å²) < 4.78 is 0. The summed E-state index contributed by atoms with van der Waals surface area (Å²) in [5.74, 6) is 3.27. The Labute approximate surface area is 95.5 Å². The van der Waals surface area contributed by atoms with Gasteiger partial charge in [-0.3, -0.25) is 9.69 Å². The molecule has 3 nitrogen and oxygen atoms in total. The van der Waals surface area contributed by atoms with Crippen LogP contribution < -0.4 is 4.90 Å². The van der Waals surface area contributed by atoms with Crippen LogP contribution in [0.15, 0.2) is 18.3 Å². The standard InChI is InChI=1S/C13H14N2O/c1-4-10-6-5-7-14-12(10)15-9-13(2,3)8-11(15)16/h1,5-7H,8-9H2,2-3H3. The molecule has 3 heteroatoms. The minimum Gasteiger partial charge on any atom is -0.295 e. The summed E-state index contributed by atoms with van der Waals surface area (Å²) in [5, 5.41) is 0. The average Bonchev–Trinajstić information content (AvgIpc) is 2.52. The first kappa shape index (κ1) is 10.7. The molecule has 0 unspecified atom stereocenters. The van der Waals surface area contributed by atoms with Crippen LogP contribution in [-0.4, -0.2) is 17.4 Å². The minimum atomic E-state index is 0.000470. The highest BCUT2D eigenvalue weighted by atomic mass is 16.2. The van der Waals surface area contributed by atoms with E-state index in [1.165, 1.54) is 0 Å². The fraction of sp³-hybridized carbons (Fsp3) is 0.385. The molecule has 0 atom stereocenters. The van der Waals surface area contributed by atoms with Gasteiger partial charge in [0.15, 0.2) is 5.82 Å². The molecule has 1 aliphatic heterocycles. The summed E-state index contributed by atoms with van der Waals surface area (Å²) in [6, 6.07) is 3.59. The van der Waals surface area contributed by atoms with Gasteiger partial charge in [0, 0.05) is 19.2 Å². The summed E-state index contributed by atoms with van der Waals surface area (Å²) in [6.07, 6.45) is 7.61. The Hall–Kier alpha value is -1.82. The monoisotopic (exact) mass is 214 g/mol. The van der Waals surface area contributed by atoms with Crippen molar-refractivity contribution in [3.05, 3.63) is 23.9 Å². The Balaban J connectivity index is 2.40. The molecule has 82 valence electrons. The Kier molecular flexibility index (Phi) is 2.43. The summed E-state index contributed by atoms with van der Waals surface area (Å²) in [4.78, 5) is 17.8. The lowest BCUT2D eigenvalue weighted by Crippen LogP contribution is -2.27. The number of amides is 1. The number of carbonyl (C=O) groups excluding carboxylic acids is 1. The fourth-order valence-electron chi connectivity index (χ4n) is 1.99. The molecule has 1 aliphatic rings. The predicted molar refractivity (Wildman–Crippen MR) is 62.9 cm³/mol. The van der Waals surface area contributed by atoms with Gasteiger partial charge in [0.2, 0.25) is 5.91 Å². The van der Waals surface area contributed by atoms with Gasteiger partial charge in [0.25, 0.3) is 0 Å². The quantitative estimate of drug-likeness (QED) is 0.668. The molecule has 1 aromatic rings. The van der Waals surface area contributed by atoms with Gasteiger partial charge in [0.05, 0.1) is 5.56 Å². The molecule has 2 heterocycles. The van der Waals surface area contributed by atoms with Gasteiger partial charge in [-0.2, -0.15) is 0 Å². The third-order valence-electron chi connectivity index (χ3n) is 2.71. The number of aromatic nitrogens is 1. The zero-order valence-electron chi connectivity index (χ0n) is 9.53. The van der Waals surface area contributed by atoms with Crippen molar-refractivity contribution >= 4 is 11.7 Å². The predicted octanol–water partition coefficient (Wildman–Crippen LogP) is 1.83. The van der Waals surface area contributed by atoms with E-state index in [-0.39, 0.29) is 11.3 Å². The van der Waals surface area contributed by atoms with Crippen molar-refractivity contribution in [1.29, 1.82) is 0 Å². The fourth-order valence-corrected chi connectivity index (χ4v) is 1.99. The molecule has 0 bridgehead atoms. The maximum atomic E-state index is 11.9. The van der Waals surface area contributed by atoms with Gasteiger partial charge in [-0.05, 0) is 17.5 Å². The maximum absolute atomic E-state index is 11.9. The minimum absolute atomic E-state index is 0.000470. The molecule has 1 saturated heterocycles. The Morgan fingerprint density at radius 1 is 1.56 bits per heavy atom. The smallest absolute Gasteiger partial charge is 0.228 e. The van der Waals surface area contributed by atoms with E-state index < -0.39 is 0 Å². The Bertz CT molecular complexity index is 471. The first-order chi connectivity index (χ1) is 7.53. The van der Waals surface area contributed by atoms with Crippen molar-refractivity contribution < 1.29 is 4.79 Å². The summed E-state index contributed by atoms with van der Waals surface area (Å²) in [5.41, 5.74) is 0.675. The number of hydrogen-bond donors (Lipinski definition) is 0. The zero-order chi connectivity index (χ0) is 11.8. The lowest BCUT2D eigenvalue weighted by Gasteiger charge is -2.19. The molecule has 0 spiro atoms. The van der Waals surface area contributed by atoms with Crippen LogP contribution >= 0.6 is 0 Å². The maximum Gasteiger partial charge on any atom is 0.228 e. The van der Waals surface area contributed by atoms with Gasteiger partial charge in [-0.15, -0.1) is 6.42 Å². The first-order valence-corrected chi connectivity index (χ1v) is 5.25. The molecule has 0 aliphatic carbocycles. The van der Waals surface area contributed by atoms with E-state index >= 15 is 0 Å². The molecular formula is C13H14N2O. The Morgan fingerprint density at radius 3 is 2.88 bits per heavy atom. The molecule has 1 aromatic heterocycles. The molecule has 16 heavy (non-hydrogen) atoms. The molecule has 0 aromatic carbocycles. The molecule has 0 N–H and O–H groups in total. The highest BCUT2D eigenvalue weighted by Gasteiger charge is 2.37. The van der Waals surface area contributed by atoms with Crippen molar-refractivity contribution in [3.8, 4) is 12.3 Å². The second-order valence-electron chi connectivity index (χ2n) is 4.84. The largest absolute Gasteiger partial charge is 0.295 e. The van der Waals surface area contributed by atoms with Crippen LogP contribution in [0, 0.1) is 17.8 Å². The van der Waals surface area contributed by atoms with E-state index in [1.807, 2.05) is 0 Å². The number of terminal acetylenes is 1. The lowest BCUT2D eigenvalue weighted by atomic mass is 9.93. The molecule has 1 amide bonds. The van der Waals surface area contributed by atoms with Crippen molar-refractivity contribution in [2.75, 3.05) is 11.4 Å². The van der Waals surface area contributed by atoms with E-state index in [0.717, 1.165) is 0 Å². The highest BCUT2D eigenvalue weighted by molar-refractivity contribution is 5.96. The number of rotatable bonds is 1. The van der Waals surface area contributed by atoms with Crippen LogP contribution in [0.3, 0.4) is 0 Å². The SMILES string of the molecule is C#Cc1cccnc1N1CC(C)(C)CC1=O. The number of carbonyl (C=O) groups is 1. The first-order valence-electron chi connectivity index (χ1n) is 5.25. The topological polar surface area (TPSA) is 33.2 Å². The molecule has 0 saturated carbocycles. The van der Waals surface area contributed by atoms with Crippen molar-refractivity contribution in [2.24, 2.45) is 5.41 Å². The Morgan fingerprint density at radius 2 is 2.31 bits per heavy atom. The van der Waals surface area contributed by atoms with Gasteiger partial charge >= 0.3 is 0 Å². The second-order valence-corrected chi connectivity index (χ2v) is 4.84. The van der Waals surface area contributed by atoms with Gasteiger partial charge in [0.1, 0.15) is 0 Å². The van der Waals surface area contributed by atoms with Crippen molar-refractivity contribution in [3.63, 3.8) is 0 Å². The average molecular weight is 214 g/mol. The van der Waals surface area contributed by atoms with Crippen LogP contribution in [-0.2, 0) is 4.79 Å². The summed E-state index contributed by atoms with van der Waals surface area (Å²) >= 11 is 0. The number of pyridine rings is 1. The normalized spacial score (nSPS) is 18.6. The number of anilines is 1.